The van der Waals surface area contributed by atoms with Crippen LogP contribution in [0.4, 0.5) is 0 Å². The van der Waals surface area contributed by atoms with E-state index < -0.39 is 0 Å². The molecule has 0 unspecified atom stereocenters. The number of rotatable bonds is 3. The number of hydrogen-bond acceptors (Lipinski definition) is 1. The molecule has 0 bridgehead atoms. The molecule has 0 aliphatic carbocycles. The molecular formula is C46H28N2S. The van der Waals surface area contributed by atoms with E-state index in [2.05, 4.69) is 179 Å². The van der Waals surface area contributed by atoms with Gasteiger partial charge in [0.05, 0.1) is 27.8 Å². The normalized spacial score (nSPS) is 12.1. The number of benzene rings is 8. The van der Waals surface area contributed by atoms with E-state index in [4.69, 9.17) is 0 Å². The lowest BCUT2D eigenvalue weighted by atomic mass is 9.97. The second kappa shape index (κ2) is 10.2. The number of para-hydroxylation sites is 3. The first kappa shape index (κ1) is 26.9. The van der Waals surface area contributed by atoms with Crippen molar-refractivity contribution in [3.8, 4) is 22.5 Å². The van der Waals surface area contributed by atoms with Crippen molar-refractivity contribution >= 4 is 85.9 Å². The maximum atomic E-state index is 2.52. The molecule has 0 spiro atoms. The predicted octanol–water partition coefficient (Wildman–Crippen LogP) is 13.1. The van der Waals surface area contributed by atoms with Crippen molar-refractivity contribution in [3.05, 3.63) is 170 Å². The van der Waals surface area contributed by atoms with Crippen LogP contribution in [0.25, 0.3) is 97.1 Å². The van der Waals surface area contributed by atoms with E-state index in [9.17, 15) is 0 Å². The van der Waals surface area contributed by atoms with Gasteiger partial charge in [0.2, 0.25) is 0 Å². The molecule has 3 aromatic heterocycles. The van der Waals surface area contributed by atoms with Crippen LogP contribution in [0, 0.1) is 0 Å². The third kappa shape index (κ3) is 3.76. The Kier molecular flexibility index (Phi) is 5.57. The molecule has 2 nitrogen and oxygen atoms in total. The molecule has 0 aliphatic heterocycles. The molecule has 228 valence electrons. The molecule has 49 heavy (non-hydrogen) atoms. The molecule has 11 rings (SSSR count). The fourth-order valence-corrected chi connectivity index (χ4v) is 9.44. The first-order valence-corrected chi connectivity index (χ1v) is 17.6. The zero-order valence-corrected chi connectivity index (χ0v) is 27.3. The number of fused-ring (bicyclic) bond motifs is 11. The van der Waals surface area contributed by atoms with Crippen LogP contribution in [0.15, 0.2) is 170 Å². The Bertz CT molecular complexity index is 3100. The van der Waals surface area contributed by atoms with Gasteiger partial charge in [-0.3, -0.25) is 0 Å². The van der Waals surface area contributed by atoms with Gasteiger partial charge in [-0.15, -0.1) is 11.3 Å². The van der Waals surface area contributed by atoms with Crippen LogP contribution < -0.4 is 0 Å². The summed E-state index contributed by atoms with van der Waals surface area (Å²) in [7, 11) is 0. The maximum absolute atomic E-state index is 2.52. The quantitative estimate of drug-likeness (QED) is 0.182. The van der Waals surface area contributed by atoms with Crippen molar-refractivity contribution in [2.24, 2.45) is 0 Å². The summed E-state index contributed by atoms with van der Waals surface area (Å²) in [6, 6.07) is 62.3. The Labute approximate surface area is 286 Å². The minimum atomic E-state index is 1.18. The third-order valence-electron chi connectivity index (χ3n) is 10.3. The van der Waals surface area contributed by atoms with E-state index in [-0.39, 0.29) is 0 Å². The minimum absolute atomic E-state index is 1.18. The van der Waals surface area contributed by atoms with Gasteiger partial charge < -0.3 is 9.13 Å². The van der Waals surface area contributed by atoms with Gasteiger partial charge in [0.1, 0.15) is 0 Å². The zero-order valence-electron chi connectivity index (χ0n) is 26.5. The van der Waals surface area contributed by atoms with Crippen molar-refractivity contribution in [1.82, 2.24) is 9.13 Å². The van der Waals surface area contributed by atoms with Gasteiger partial charge in [-0.2, -0.15) is 0 Å². The summed E-state index contributed by atoms with van der Waals surface area (Å²) in [5.41, 5.74) is 9.85. The second-order valence-electron chi connectivity index (χ2n) is 12.9. The van der Waals surface area contributed by atoms with Gasteiger partial charge in [0.25, 0.3) is 0 Å². The van der Waals surface area contributed by atoms with Gasteiger partial charge in [0.15, 0.2) is 0 Å². The van der Waals surface area contributed by atoms with Crippen LogP contribution in [-0.4, -0.2) is 9.13 Å². The monoisotopic (exact) mass is 640 g/mol. The highest BCUT2D eigenvalue weighted by atomic mass is 32.1. The van der Waals surface area contributed by atoms with Crippen LogP contribution in [0.1, 0.15) is 0 Å². The van der Waals surface area contributed by atoms with E-state index in [0.29, 0.717) is 0 Å². The van der Waals surface area contributed by atoms with Crippen LogP contribution >= 0.6 is 11.3 Å². The van der Waals surface area contributed by atoms with Gasteiger partial charge in [-0.05, 0) is 65.5 Å². The Morgan fingerprint density at radius 1 is 0.408 bits per heavy atom. The lowest BCUT2D eigenvalue weighted by molar-refractivity contribution is 1.18. The molecule has 3 heterocycles. The van der Waals surface area contributed by atoms with Gasteiger partial charge in [-0.25, -0.2) is 0 Å². The number of aromatic nitrogens is 2. The number of hydrogen-bond donors (Lipinski definition) is 0. The first-order valence-electron chi connectivity index (χ1n) is 16.8. The molecule has 0 N–H and O–H groups in total. The number of nitrogens with zero attached hydrogens (tertiary/aromatic N) is 2. The minimum Gasteiger partial charge on any atom is -0.309 e. The molecule has 0 saturated carbocycles. The van der Waals surface area contributed by atoms with E-state index in [1.807, 2.05) is 11.3 Å². The molecule has 0 saturated heterocycles. The molecule has 0 aliphatic rings. The van der Waals surface area contributed by atoms with Crippen LogP contribution in [0.5, 0.6) is 0 Å². The highest BCUT2D eigenvalue weighted by Gasteiger charge is 2.23. The van der Waals surface area contributed by atoms with Crippen LogP contribution in [0.3, 0.4) is 0 Å². The smallest absolute Gasteiger partial charge is 0.0634 e. The summed E-state index contributed by atoms with van der Waals surface area (Å²) in [5, 5.41) is 10.2. The summed E-state index contributed by atoms with van der Waals surface area (Å²) >= 11 is 1.91. The summed E-state index contributed by atoms with van der Waals surface area (Å²) in [6.45, 7) is 0. The topological polar surface area (TPSA) is 9.86 Å². The van der Waals surface area contributed by atoms with E-state index in [1.54, 1.807) is 0 Å². The van der Waals surface area contributed by atoms with Crippen molar-refractivity contribution in [2.45, 2.75) is 0 Å². The van der Waals surface area contributed by atoms with Crippen LogP contribution in [-0.2, 0) is 0 Å². The van der Waals surface area contributed by atoms with Crippen molar-refractivity contribution < 1.29 is 0 Å². The molecule has 0 radical (unpaired) electrons. The highest BCUT2D eigenvalue weighted by Crippen LogP contribution is 2.48. The molecule has 3 heteroatoms. The SMILES string of the molecule is c1ccc(-n2c3ccccc3c3cc(-c4cc5c6ccccc6n(-c6cccc7ccccc67)c5c5c4sc4ccccc45)ccc32)cc1. The first-order chi connectivity index (χ1) is 24.3. The highest BCUT2D eigenvalue weighted by molar-refractivity contribution is 7.26. The molecule has 11 aromatic rings. The third-order valence-corrected chi connectivity index (χ3v) is 11.5. The second-order valence-corrected chi connectivity index (χ2v) is 13.9. The van der Waals surface area contributed by atoms with E-state index >= 15 is 0 Å². The number of thiophene rings is 1. The largest absolute Gasteiger partial charge is 0.309 e. The molecular weight excluding hydrogens is 613 g/mol. The Morgan fingerprint density at radius 3 is 1.88 bits per heavy atom. The van der Waals surface area contributed by atoms with Crippen molar-refractivity contribution in [3.63, 3.8) is 0 Å². The summed E-state index contributed by atoms with van der Waals surface area (Å²) in [4.78, 5) is 0. The Hall–Kier alpha value is -6.16. The average Bonchev–Trinajstić information content (AvgIpc) is 3.82. The van der Waals surface area contributed by atoms with E-state index in [1.165, 1.54) is 97.1 Å². The fraction of sp³-hybridized carbons (Fsp3) is 0. The summed E-state index contributed by atoms with van der Waals surface area (Å²) in [6.07, 6.45) is 0. The molecule has 0 atom stereocenters. The van der Waals surface area contributed by atoms with E-state index in [0.717, 1.165) is 0 Å². The van der Waals surface area contributed by atoms with Gasteiger partial charge in [-0.1, -0.05) is 115 Å². The lowest BCUT2D eigenvalue weighted by Gasteiger charge is -2.13. The predicted molar refractivity (Wildman–Crippen MR) is 211 cm³/mol. The Balaban J connectivity index is 1.29. The lowest BCUT2D eigenvalue weighted by Crippen LogP contribution is -1.96. The van der Waals surface area contributed by atoms with Gasteiger partial charge >= 0.3 is 0 Å². The standard InChI is InChI=1S/C46H28N2S/c1-2-15-31(16-3-1)47-40-21-9-6-18-33(40)37-27-30(25-26-42(37)47)36-28-38-34-19-7-10-22-41(34)48(39-23-12-14-29-13-4-5-17-32(29)39)45(38)44-35-20-8-11-24-43(35)49-46(36)44/h1-28H. The average molecular weight is 641 g/mol. The Morgan fingerprint density at radius 2 is 1.04 bits per heavy atom. The molecule has 0 amide bonds. The van der Waals surface area contributed by atoms with Crippen LogP contribution in [0.2, 0.25) is 0 Å². The summed E-state index contributed by atoms with van der Waals surface area (Å²) in [5.74, 6) is 0. The molecule has 8 aromatic carbocycles. The van der Waals surface area contributed by atoms with Crippen molar-refractivity contribution in [2.75, 3.05) is 0 Å². The maximum Gasteiger partial charge on any atom is 0.0634 e. The van der Waals surface area contributed by atoms with Gasteiger partial charge in [0, 0.05) is 58.4 Å². The molecule has 0 fully saturated rings. The zero-order chi connectivity index (χ0) is 32.1. The van der Waals surface area contributed by atoms with Crippen molar-refractivity contribution in [1.29, 1.82) is 0 Å². The summed E-state index contributed by atoms with van der Waals surface area (Å²) < 4.78 is 7.55. The fourth-order valence-electron chi connectivity index (χ4n) is 8.20.